The number of benzene rings is 2. The van der Waals surface area contributed by atoms with Crippen LogP contribution >= 0.6 is 11.6 Å². The summed E-state index contributed by atoms with van der Waals surface area (Å²) in [6.07, 6.45) is 1.12. The molecule has 3 heteroatoms. The molecule has 0 aromatic heterocycles. The summed E-state index contributed by atoms with van der Waals surface area (Å²) >= 11 is 6.01. The van der Waals surface area contributed by atoms with Gasteiger partial charge in [-0.15, -0.1) is 11.6 Å². The lowest BCUT2D eigenvalue weighted by atomic mass is 9.97. The summed E-state index contributed by atoms with van der Waals surface area (Å²) in [5.74, 6) is 2.70. The van der Waals surface area contributed by atoms with Crippen LogP contribution < -0.4 is 4.74 Å². The van der Waals surface area contributed by atoms with E-state index >= 15 is 0 Å². The predicted octanol–water partition coefficient (Wildman–Crippen LogP) is 4.80. The fourth-order valence-corrected chi connectivity index (χ4v) is 2.86. The topological polar surface area (TPSA) is 18.5 Å². The minimum atomic E-state index is 0.0897. The molecule has 0 bridgehead atoms. The van der Waals surface area contributed by atoms with Gasteiger partial charge in [-0.05, 0) is 36.2 Å². The van der Waals surface area contributed by atoms with Crippen molar-refractivity contribution in [2.45, 2.75) is 12.5 Å². The SMILES string of the molecule is ClCC1CCOC1c1cccc(Oc2ccccc2)c1. The summed E-state index contributed by atoms with van der Waals surface area (Å²) in [4.78, 5) is 0. The Labute approximate surface area is 124 Å². The van der Waals surface area contributed by atoms with Crippen LogP contribution in [0.3, 0.4) is 0 Å². The van der Waals surface area contributed by atoms with E-state index in [1.165, 1.54) is 0 Å². The van der Waals surface area contributed by atoms with Crippen molar-refractivity contribution < 1.29 is 9.47 Å². The third kappa shape index (κ3) is 2.97. The van der Waals surface area contributed by atoms with E-state index in [9.17, 15) is 0 Å². The second-order valence-electron chi connectivity index (χ2n) is 4.98. The van der Waals surface area contributed by atoms with E-state index in [0.717, 1.165) is 30.1 Å². The minimum Gasteiger partial charge on any atom is -0.457 e. The number of hydrogen-bond acceptors (Lipinski definition) is 2. The van der Waals surface area contributed by atoms with Crippen LogP contribution in [0.25, 0.3) is 0 Å². The van der Waals surface area contributed by atoms with E-state index < -0.39 is 0 Å². The first-order valence-electron chi connectivity index (χ1n) is 6.87. The number of halogens is 1. The van der Waals surface area contributed by atoms with Gasteiger partial charge in [-0.25, -0.2) is 0 Å². The number of hydrogen-bond donors (Lipinski definition) is 0. The average molecular weight is 289 g/mol. The van der Waals surface area contributed by atoms with Gasteiger partial charge in [0.05, 0.1) is 6.10 Å². The molecule has 0 N–H and O–H groups in total. The van der Waals surface area contributed by atoms with Gasteiger partial charge in [0, 0.05) is 18.4 Å². The summed E-state index contributed by atoms with van der Waals surface area (Å²) in [5, 5.41) is 0. The van der Waals surface area contributed by atoms with Gasteiger partial charge in [-0.3, -0.25) is 0 Å². The fourth-order valence-electron chi connectivity index (χ4n) is 2.54. The molecule has 0 amide bonds. The van der Waals surface area contributed by atoms with Gasteiger partial charge >= 0.3 is 0 Å². The van der Waals surface area contributed by atoms with Gasteiger partial charge in [0.25, 0.3) is 0 Å². The Morgan fingerprint density at radius 1 is 1.05 bits per heavy atom. The molecule has 0 saturated carbocycles. The zero-order chi connectivity index (χ0) is 13.8. The van der Waals surface area contributed by atoms with Crippen molar-refractivity contribution in [3.63, 3.8) is 0 Å². The highest BCUT2D eigenvalue weighted by atomic mass is 35.5. The first-order chi connectivity index (χ1) is 9.86. The normalized spacial score (nSPS) is 21.9. The number of alkyl halides is 1. The molecule has 0 spiro atoms. The first kappa shape index (κ1) is 13.5. The lowest BCUT2D eigenvalue weighted by molar-refractivity contribution is 0.0950. The van der Waals surface area contributed by atoms with Crippen molar-refractivity contribution in [2.24, 2.45) is 5.92 Å². The second kappa shape index (κ2) is 6.29. The Balaban J connectivity index is 1.79. The maximum Gasteiger partial charge on any atom is 0.127 e. The molecule has 0 radical (unpaired) electrons. The van der Waals surface area contributed by atoms with Crippen LogP contribution in [-0.4, -0.2) is 12.5 Å². The van der Waals surface area contributed by atoms with Crippen LogP contribution in [0.1, 0.15) is 18.1 Å². The van der Waals surface area contributed by atoms with Gasteiger partial charge in [0.15, 0.2) is 0 Å². The summed E-state index contributed by atoms with van der Waals surface area (Å²) in [6, 6.07) is 17.9. The Hall–Kier alpha value is -1.51. The minimum absolute atomic E-state index is 0.0897. The Bertz CT molecular complexity index is 556. The average Bonchev–Trinajstić information content (AvgIpc) is 2.97. The van der Waals surface area contributed by atoms with Gasteiger partial charge < -0.3 is 9.47 Å². The standard InChI is InChI=1S/C17H17ClO2/c18-12-14-9-10-19-17(14)13-5-4-8-16(11-13)20-15-6-2-1-3-7-15/h1-8,11,14,17H,9-10,12H2. The molecule has 2 nitrogen and oxygen atoms in total. The highest BCUT2D eigenvalue weighted by molar-refractivity contribution is 6.18. The monoisotopic (exact) mass is 288 g/mol. The molecular weight excluding hydrogens is 272 g/mol. The van der Waals surface area contributed by atoms with E-state index in [4.69, 9.17) is 21.1 Å². The van der Waals surface area contributed by atoms with Crippen LogP contribution in [0.2, 0.25) is 0 Å². The van der Waals surface area contributed by atoms with E-state index in [1.54, 1.807) is 0 Å². The van der Waals surface area contributed by atoms with Crippen LogP contribution in [0, 0.1) is 5.92 Å². The molecule has 20 heavy (non-hydrogen) atoms. The van der Waals surface area contributed by atoms with E-state index in [0.29, 0.717) is 11.8 Å². The third-order valence-corrected chi connectivity index (χ3v) is 3.97. The largest absolute Gasteiger partial charge is 0.457 e. The molecule has 1 aliphatic heterocycles. The third-order valence-electron chi connectivity index (χ3n) is 3.58. The molecule has 2 aromatic rings. The quantitative estimate of drug-likeness (QED) is 0.753. The van der Waals surface area contributed by atoms with Crippen molar-refractivity contribution in [1.82, 2.24) is 0 Å². The maximum absolute atomic E-state index is 6.01. The van der Waals surface area contributed by atoms with Gasteiger partial charge in [-0.2, -0.15) is 0 Å². The van der Waals surface area contributed by atoms with Gasteiger partial charge in [0.1, 0.15) is 11.5 Å². The van der Waals surface area contributed by atoms with Crippen molar-refractivity contribution in [1.29, 1.82) is 0 Å². The molecule has 3 rings (SSSR count). The van der Waals surface area contributed by atoms with Crippen molar-refractivity contribution in [3.05, 3.63) is 60.2 Å². The number of rotatable bonds is 4. The van der Waals surface area contributed by atoms with Gasteiger partial charge in [-0.1, -0.05) is 30.3 Å². The molecule has 1 saturated heterocycles. The molecule has 0 aliphatic carbocycles. The second-order valence-corrected chi connectivity index (χ2v) is 5.29. The molecule has 2 aromatic carbocycles. The molecule has 1 heterocycles. The fraction of sp³-hybridized carbons (Fsp3) is 0.294. The smallest absolute Gasteiger partial charge is 0.127 e. The Kier molecular flexibility index (Phi) is 4.24. The zero-order valence-electron chi connectivity index (χ0n) is 11.2. The van der Waals surface area contributed by atoms with Crippen molar-refractivity contribution in [2.75, 3.05) is 12.5 Å². The molecule has 1 aliphatic rings. The lowest BCUT2D eigenvalue weighted by Crippen LogP contribution is -2.08. The Morgan fingerprint density at radius 2 is 1.85 bits per heavy atom. The van der Waals surface area contributed by atoms with Gasteiger partial charge in [0.2, 0.25) is 0 Å². The molecule has 1 fully saturated rings. The highest BCUT2D eigenvalue weighted by Crippen LogP contribution is 2.36. The highest BCUT2D eigenvalue weighted by Gasteiger charge is 2.29. The number of para-hydroxylation sites is 1. The summed E-state index contributed by atoms with van der Waals surface area (Å²) in [5.41, 5.74) is 1.14. The lowest BCUT2D eigenvalue weighted by Gasteiger charge is -2.17. The number of ether oxygens (including phenoxy) is 2. The molecule has 2 unspecified atom stereocenters. The summed E-state index contributed by atoms with van der Waals surface area (Å²) < 4.78 is 11.7. The predicted molar refractivity (Wildman–Crippen MR) is 80.5 cm³/mol. The Morgan fingerprint density at radius 3 is 2.65 bits per heavy atom. The summed E-state index contributed by atoms with van der Waals surface area (Å²) in [7, 11) is 0. The van der Waals surface area contributed by atoms with Crippen LogP contribution in [0.4, 0.5) is 0 Å². The van der Waals surface area contributed by atoms with Crippen LogP contribution in [0.15, 0.2) is 54.6 Å². The van der Waals surface area contributed by atoms with E-state index in [-0.39, 0.29) is 6.10 Å². The molecule has 2 atom stereocenters. The van der Waals surface area contributed by atoms with Crippen LogP contribution in [-0.2, 0) is 4.74 Å². The molecular formula is C17H17ClO2. The maximum atomic E-state index is 6.01. The first-order valence-corrected chi connectivity index (χ1v) is 7.40. The van der Waals surface area contributed by atoms with Crippen molar-refractivity contribution in [3.8, 4) is 11.5 Å². The summed E-state index contributed by atoms with van der Waals surface area (Å²) in [6.45, 7) is 0.784. The zero-order valence-corrected chi connectivity index (χ0v) is 11.9. The van der Waals surface area contributed by atoms with E-state index in [1.807, 2.05) is 48.5 Å². The molecule has 104 valence electrons. The van der Waals surface area contributed by atoms with Crippen molar-refractivity contribution >= 4 is 11.6 Å². The van der Waals surface area contributed by atoms with E-state index in [2.05, 4.69) is 6.07 Å². The van der Waals surface area contributed by atoms with Crippen LogP contribution in [0.5, 0.6) is 11.5 Å².